The summed E-state index contributed by atoms with van der Waals surface area (Å²) in [6, 6.07) is 11.4. The molecule has 0 radical (unpaired) electrons. The van der Waals surface area contributed by atoms with Crippen LogP contribution in [0.15, 0.2) is 40.9 Å². The second-order valence-electron chi connectivity index (χ2n) is 7.09. The van der Waals surface area contributed by atoms with Gasteiger partial charge in [0.25, 0.3) is 5.91 Å². The van der Waals surface area contributed by atoms with E-state index in [0.717, 1.165) is 16.9 Å². The number of aryl methyl sites for hydroxylation is 3. The van der Waals surface area contributed by atoms with Gasteiger partial charge in [-0.3, -0.25) is 4.79 Å². The molecule has 2 N–H and O–H groups in total. The molecule has 148 valence electrons. The van der Waals surface area contributed by atoms with Crippen molar-refractivity contribution in [1.82, 2.24) is 20.4 Å². The van der Waals surface area contributed by atoms with E-state index < -0.39 is 0 Å². The van der Waals surface area contributed by atoms with E-state index in [4.69, 9.17) is 16.1 Å². The fourth-order valence-electron chi connectivity index (χ4n) is 3.30. The number of rotatable bonds is 5. The maximum atomic E-state index is 12.8. The summed E-state index contributed by atoms with van der Waals surface area (Å²) in [4.78, 5) is 20.7. The molecule has 0 saturated heterocycles. The molecule has 29 heavy (non-hydrogen) atoms. The van der Waals surface area contributed by atoms with Crippen molar-refractivity contribution in [2.75, 3.05) is 6.54 Å². The molecule has 7 heteroatoms. The van der Waals surface area contributed by atoms with Gasteiger partial charge >= 0.3 is 0 Å². The number of halogens is 1. The van der Waals surface area contributed by atoms with Gasteiger partial charge in [0, 0.05) is 18.5 Å². The third-order valence-corrected chi connectivity index (χ3v) is 5.34. The Morgan fingerprint density at radius 2 is 1.93 bits per heavy atom. The third-order valence-electron chi connectivity index (χ3n) is 5.01. The number of carbonyl (C=O) groups excluding carboxylic acids is 1. The molecule has 0 saturated carbocycles. The average Bonchev–Trinajstić information content (AvgIpc) is 3.25. The number of nitrogens with one attached hydrogen (secondary N) is 2. The molecule has 2 aromatic heterocycles. The number of H-pyrrole nitrogens is 1. The number of hydrogen-bond donors (Lipinski definition) is 2. The van der Waals surface area contributed by atoms with E-state index in [1.165, 1.54) is 11.1 Å². The van der Waals surface area contributed by atoms with Crippen molar-refractivity contribution in [1.29, 1.82) is 0 Å². The van der Waals surface area contributed by atoms with E-state index in [2.05, 4.69) is 46.4 Å². The molecule has 0 fully saturated rings. The Bertz CT molecular complexity index is 1170. The predicted molar refractivity (Wildman–Crippen MR) is 113 cm³/mol. The molecular weight excluding hydrogens is 388 g/mol. The Morgan fingerprint density at radius 1 is 1.17 bits per heavy atom. The molecule has 0 atom stereocenters. The highest BCUT2D eigenvalue weighted by molar-refractivity contribution is 6.33. The van der Waals surface area contributed by atoms with Crippen LogP contribution < -0.4 is 5.32 Å². The van der Waals surface area contributed by atoms with Crippen molar-refractivity contribution in [3.8, 4) is 11.3 Å². The summed E-state index contributed by atoms with van der Waals surface area (Å²) < 4.78 is 5.27. The van der Waals surface area contributed by atoms with Crippen molar-refractivity contribution >= 4 is 28.5 Å². The first-order valence-electron chi connectivity index (χ1n) is 9.39. The van der Waals surface area contributed by atoms with Gasteiger partial charge in [-0.25, -0.2) is 4.98 Å². The van der Waals surface area contributed by atoms with Crippen molar-refractivity contribution in [3.05, 3.63) is 69.7 Å². The summed E-state index contributed by atoms with van der Waals surface area (Å²) in [5.74, 6) is 1.03. The van der Waals surface area contributed by atoms with Gasteiger partial charge in [0.05, 0.1) is 16.1 Å². The van der Waals surface area contributed by atoms with Gasteiger partial charge < -0.3 is 14.8 Å². The number of aromatic amines is 1. The zero-order valence-corrected chi connectivity index (χ0v) is 17.2. The Kier molecular flexibility index (Phi) is 5.11. The first-order valence-corrected chi connectivity index (χ1v) is 9.77. The lowest BCUT2D eigenvalue weighted by atomic mass is 10.1. The van der Waals surface area contributed by atoms with Crippen molar-refractivity contribution < 1.29 is 9.32 Å². The van der Waals surface area contributed by atoms with Gasteiger partial charge in [0.1, 0.15) is 22.8 Å². The first-order chi connectivity index (χ1) is 13.9. The molecule has 0 unspecified atom stereocenters. The Labute approximate surface area is 173 Å². The van der Waals surface area contributed by atoms with Crippen LogP contribution in [0.3, 0.4) is 0 Å². The zero-order valence-electron chi connectivity index (χ0n) is 16.5. The fraction of sp³-hybridized carbons (Fsp3) is 0.227. The average molecular weight is 409 g/mol. The highest BCUT2D eigenvalue weighted by Crippen LogP contribution is 2.30. The van der Waals surface area contributed by atoms with Crippen LogP contribution in [0.4, 0.5) is 0 Å². The van der Waals surface area contributed by atoms with E-state index in [9.17, 15) is 4.79 Å². The van der Waals surface area contributed by atoms with Crippen molar-refractivity contribution in [2.24, 2.45) is 0 Å². The minimum Gasteiger partial charge on any atom is -0.360 e. The number of nitrogens with zero attached hydrogens (tertiary/aromatic N) is 2. The molecule has 0 bridgehead atoms. The number of carbonyl (C=O) groups is 1. The molecule has 6 nitrogen and oxygen atoms in total. The van der Waals surface area contributed by atoms with Crippen LogP contribution in [-0.4, -0.2) is 27.6 Å². The number of imidazole rings is 1. The molecule has 0 aliphatic heterocycles. The summed E-state index contributed by atoms with van der Waals surface area (Å²) in [5.41, 5.74) is 5.87. The lowest BCUT2D eigenvalue weighted by Gasteiger charge is -2.06. The summed E-state index contributed by atoms with van der Waals surface area (Å²) in [5, 5.41) is 7.49. The molecule has 4 aromatic rings. The van der Waals surface area contributed by atoms with E-state index in [0.29, 0.717) is 40.6 Å². The standard InChI is InChI=1S/C22H21ClN4O2/c1-12-10-17-18(11-13(12)2)26-19(25-17)8-9-24-22(28)20-14(3)29-27-21(20)15-6-4-5-7-16(15)23/h4-7,10-11H,8-9H2,1-3H3,(H,24,28)(H,25,26). The van der Waals surface area contributed by atoms with Crippen LogP contribution in [0.2, 0.25) is 5.02 Å². The molecule has 1 amide bonds. The lowest BCUT2D eigenvalue weighted by molar-refractivity contribution is 0.0953. The predicted octanol–water partition coefficient (Wildman–Crippen LogP) is 4.77. The van der Waals surface area contributed by atoms with Gasteiger partial charge in [-0.2, -0.15) is 0 Å². The monoisotopic (exact) mass is 408 g/mol. The minimum atomic E-state index is -0.249. The Hall–Kier alpha value is -3.12. The number of benzene rings is 2. The number of amides is 1. The summed E-state index contributed by atoms with van der Waals surface area (Å²) in [6.45, 7) is 6.30. The maximum Gasteiger partial charge on any atom is 0.257 e. The largest absolute Gasteiger partial charge is 0.360 e. The quantitative estimate of drug-likeness (QED) is 0.498. The topological polar surface area (TPSA) is 83.8 Å². The number of fused-ring (bicyclic) bond motifs is 1. The lowest BCUT2D eigenvalue weighted by Crippen LogP contribution is -2.26. The smallest absolute Gasteiger partial charge is 0.257 e. The number of hydrogen-bond acceptors (Lipinski definition) is 4. The summed E-state index contributed by atoms with van der Waals surface area (Å²) >= 11 is 6.26. The molecule has 0 aliphatic carbocycles. The molecule has 2 heterocycles. The minimum absolute atomic E-state index is 0.249. The van der Waals surface area contributed by atoms with Crippen LogP contribution >= 0.6 is 11.6 Å². The van der Waals surface area contributed by atoms with E-state index >= 15 is 0 Å². The fourth-order valence-corrected chi connectivity index (χ4v) is 3.53. The summed E-state index contributed by atoms with van der Waals surface area (Å²) in [6.07, 6.45) is 0.588. The third kappa shape index (κ3) is 3.76. The van der Waals surface area contributed by atoms with Crippen LogP contribution in [0.1, 0.15) is 33.1 Å². The molecule has 0 aliphatic rings. The van der Waals surface area contributed by atoms with E-state index in [1.54, 1.807) is 13.0 Å². The molecule has 2 aromatic carbocycles. The van der Waals surface area contributed by atoms with Gasteiger partial charge in [0.2, 0.25) is 0 Å². The van der Waals surface area contributed by atoms with Gasteiger partial charge in [-0.15, -0.1) is 0 Å². The molecule has 0 spiro atoms. The molecule has 4 rings (SSSR count). The van der Waals surface area contributed by atoms with Gasteiger partial charge in [0.15, 0.2) is 0 Å². The first kappa shape index (κ1) is 19.2. The van der Waals surface area contributed by atoms with Crippen LogP contribution in [-0.2, 0) is 6.42 Å². The van der Waals surface area contributed by atoms with E-state index in [-0.39, 0.29) is 5.91 Å². The normalized spacial score (nSPS) is 11.2. The van der Waals surface area contributed by atoms with Gasteiger partial charge in [-0.1, -0.05) is 35.0 Å². The van der Waals surface area contributed by atoms with Crippen molar-refractivity contribution in [3.63, 3.8) is 0 Å². The SMILES string of the molecule is Cc1cc2nc(CCNC(=O)c3c(-c4ccccc4Cl)noc3C)[nH]c2cc1C. The number of aromatic nitrogens is 3. The van der Waals surface area contributed by atoms with Crippen LogP contribution in [0.5, 0.6) is 0 Å². The second-order valence-corrected chi connectivity index (χ2v) is 7.49. The Balaban J connectivity index is 1.48. The second kappa shape index (κ2) is 7.72. The summed E-state index contributed by atoms with van der Waals surface area (Å²) in [7, 11) is 0. The highest BCUT2D eigenvalue weighted by Gasteiger charge is 2.22. The maximum absolute atomic E-state index is 12.8. The zero-order chi connectivity index (χ0) is 20.5. The van der Waals surface area contributed by atoms with Crippen LogP contribution in [0, 0.1) is 20.8 Å². The van der Waals surface area contributed by atoms with Crippen molar-refractivity contribution in [2.45, 2.75) is 27.2 Å². The van der Waals surface area contributed by atoms with E-state index in [1.807, 2.05) is 18.2 Å². The van der Waals surface area contributed by atoms with Gasteiger partial charge in [-0.05, 0) is 50.1 Å². The Morgan fingerprint density at radius 3 is 2.72 bits per heavy atom. The highest BCUT2D eigenvalue weighted by atomic mass is 35.5. The van der Waals surface area contributed by atoms with Crippen LogP contribution in [0.25, 0.3) is 22.3 Å². The molecular formula is C22H21ClN4O2.